The Balaban J connectivity index is 1.53. The highest BCUT2D eigenvalue weighted by molar-refractivity contribution is 7.57. The summed E-state index contributed by atoms with van der Waals surface area (Å²) in [6.45, 7) is -0.897. The first-order chi connectivity index (χ1) is 17.9. The van der Waals surface area contributed by atoms with Crippen LogP contribution in [0.4, 0.5) is 4.39 Å². The zero-order chi connectivity index (χ0) is 27.6. The number of hydrogen-bond acceptors (Lipinski definition) is 10. The summed E-state index contributed by atoms with van der Waals surface area (Å²) in [4.78, 5) is 56.7. The zero-order valence-electron chi connectivity index (χ0n) is 19.2. The molecule has 17 heteroatoms. The molecule has 1 saturated heterocycles. The summed E-state index contributed by atoms with van der Waals surface area (Å²) in [5.74, 6) is -0.402. The first-order valence-corrected chi connectivity index (χ1v) is 13.5. The summed E-state index contributed by atoms with van der Waals surface area (Å²) >= 11 is 0. The van der Waals surface area contributed by atoms with Gasteiger partial charge in [0.25, 0.3) is 5.56 Å². The van der Waals surface area contributed by atoms with Gasteiger partial charge in [-0.15, -0.1) is 0 Å². The Labute approximate surface area is 214 Å². The number of benzene rings is 1. The topological polar surface area (TPSA) is 203 Å². The van der Waals surface area contributed by atoms with E-state index in [4.69, 9.17) is 19.0 Å². The molecular formula is C21H22FN3O11P2. The molecule has 5 N–H and O–H groups in total. The maximum atomic E-state index is 13.3. The summed E-state index contributed by atoms with van der Waals surface area (Å²) in [5.41, 5.74) is 0.137. The van der Waals surface area contributed by atoms with Crippen molar-refractivity contribution in [2.45, 2.75) is 31.1 Å². The van der Waals surface area contributed by atoms with Gasteiger partial charge in [-0.1, -0.05) is 12.1 Å². The zero-order valence-corrected chi connectivity index (χ0v) is 21.0. The van der Waals surface area contributed by atoms with Crippen LogP contribution in [0.5, 0.6) is 0 Å². The van der Waals surface area contributed by atoms with Gasteiger partial charge in [-0.05, 0) is 35.4 Å². The number of hydrogen-bond donors (Lipinski definition) is 5. The molecule has 204 valence electrons. The molecule has 3 heterocycles. The van der Waals surface area contributed by atoms with Crippen molar-refractivity contribution in [2.24, 2.45) is 0 Å². The van der Waals surface area contributed by atoms with Crippen LogP contribution in [-0.2, 0) is 24.7 Å². The second kappa shape index (κ2) is 11.6. The molecule has 0 spiro atoms. The van der Waals surface area contributed by atoms with E-state index >= 15 is 0 Å². The minimum atomic E-state index is -5.04. The maximum absolute atomic E-state index is 13.3. The highest BCUT2D eigenvalue weighted by Gasteiger charge is 2.45. The van der Waals surface area contributed by atoms with Crippen LogP contribution in [-0.4, -0.2) is 63.9 Å². The van der Waals surface area contributed by atoms with Crippen LogP contribution in [0, 0.1) is 5.82 Å². The number of pyridine rings is 1. The Hall–Kier alpha value is -2.68. The highest BCUT2D eigenvalue weighted by atomic mass is 31.3. The summed E-state index contributed by atoms with van der Waals surface area (Å²) in [7, 11) is -8.06. The van der Waals surface area contributed by atoms with E-state index in [-0.39, 0.29) is 6.54 Å². The normalized spacial score (nSPS) is 22.5. The van der Waals surface area contributed by atoms with E-state index in [0.29, 0.717) is 16.8 Å². The minimum Gasteiger partial charge on any atom is -0.387 e. The predicted molar refractivity (Wildman–Crippen MR) is 128 cm³/mol. The first kappa shape index (κ1) is 28.3. The van der Waals surface area contributed by atoms with Gasteiger partial charge in [0.05, 0.1) is 18.8 Å². The molecule has 2 aromatic heterocycles. The van der Waals surface area contributed by atoms with Gasteiger partial charge in [-0.3, -0.25) is 18.9 Å². The quantitative estimate of drug-likeness (QED) is 0.218. The molecule has 0 saturated carbocycles. The van der Waals surface area contributed by atoms with Crippen LogP contribution in [0.15, 0.2) is 64.4 Å². The third kappa shape index (κ3) is 6.65. The SMILES string of the molecule is O=c1ccn(C2OC(COP(O)OP(=O)(O)O)C(O)C2O)c(=O)n1Cc1cc(-c2ccc(F)cc2)ccn1. The fraction of sp³-hybridized carbons (Fsp3) is 0.286. The molecule has 5 atom stereocenters. The highest BCUT2D eigenvalue weighted by Crippen LogP contribution is 2.52. The number of aliphatic hydroxyl groups excluding tert-OH is 2. The Bertz CT molecular complexity index is 1450. The second-order valence-corrected chi connectivity index (χ2v) is 10.5. The average molecular weight is 573 g/mol. The van der Waals surface area contributed by atoms with Gasteiger partial charge in [0.15, 0.2) is 6.23 Å². The standard InChI is InChI=1S/C21H22FN3O11P2/c22-14-3-1-12(2-4-14)13-5-7-23-15(9-13)10-25-17(26)6-8-24(21(25)29)20-19(28)18(27)16(35-20)11-34-37(30)36-38(31,32)33/h1-9,16,18-20,27-28,30H,10-11H2,(H2,31,32,33). The number of rotatable bonds is 9. The van der Waals surface area contributed by atoms with E-state index < -0.39 is 64.6 Å². The van der Waals surface area contributed by atoms with E-state index in [1.165, 1.54) is 18.3 Å². The molecule has 0 amide bonds. The molecule has 4 rings (SSSR count). The second-order valence-electron chi connectivity index (χ2n) is 8.12. The smallest absolute Gasteiger partial charge is 0.387 e. The van der Waals surface area contributed by atoms with Gasteiger partial charge in [-0.25, -0.2) is 18.1 Å². The van der Waals surface area contributed by atoms with Crippen molar-refractivity contribution in [1.29, 1.82) is 0 Å². The van der Waals surface area contributed by atoms with Crippen molar-refractivity contribution < 1.29 is 47.4 Å². The largest absolute Gasteiger partial charge is 0.476 e. The monoisotopic (exact) mass is 573 g/mol. The fourth-order valence-corrected chi connectivity index (χ4v) is 4.96. The molecule has 5 unspecified atom stereocenters. The van der Waals surface area contributed by atoms with E-state index in [0.717, 1.165) is 21.4 Å². The number of ether oxygens (including phenoxy) is 1. The third-order valence-electron chi connectivity index (χ3n) is 5.55. The Morgan fingerprint density at radius 3 is 2.47 bits per heavy atom. The Morgan fingerprint density at radius 1 is 1.08 bits per heavy atom. The lowest BCUT2D eigenvalue weighted by Crippen LogP contribution is -2.43. The number of aliphatic hydroxyl groups is 2. The van der Waals surface area contributed by atoms with Crippen LogP contribution in [0.2, 0.25) is 0 Å². The van der Waals surface area contributed by atoms with E-state index in [1.54, 1.807) is 24.3 Å². The number of nitrogens with zero attached hydrogens (tertiary/aromatic N) is 3. The van der Waals surface area contributed by atoms with Crippen LogP contribution in [0.1, 0.15) is 11.9 Å². The predicted octanol–water partition coefficient (Wildman–Crippen LogP) is 0.224. The lowest BCUT2D eigenvalue weighted by Gasteiger charge is -2.19. The Morgan fingerprint density at radius 2 is 1.79 bits per heavy atom. The first-order valence-electron chi connectivity index (χ1n) is 10.8. The van der Waals surface area contributed by atoms with Crippen LogP contribution in [0.25, 0.3) is 11.1 Å². The summed E-state index contributed by atoms with van der Waals surface area (Å²) in [6.07, 6.45) is -3.54. The molecule has 3 aromatic rings. The summed E-state index contributed by atoms with van der Waals surface area (Å²) < 4.78 is 39.9. The van der Waals surface area contributed by atoms with E-state index in [2.05, 4.69) is 9.29 Å². The molecule has 1 aliphatic heterocycles. The van der Waals surface area contributed by atoms with Crippen LogP contribution < -0.4 is 11.2 Å². The van der Waals surface area contributed by atoms with E-state index in [9.17, 15) is 33.7 Å². The molecule has 0 aliphatic carbocycles. The fourth-order valence-electron chi connectivity index (χ4n) is 3.77. The van der Waals surface area contributed by atoms with Gasteiger partial charge >= 0.3 is 22.1 Å². The molecule has 0 radical (unpaired) electrons. The Kier molecular flexibility index (Phi) is 8.65. The maximum Gasteiger partial charge on any atom is 0.476 e. The molecule has 14 nitrogen and oxygen atoms in total. The molecule has 1 aromatic carbocycles. The number of aromatic nitrogens is 3. The van der Waals surface area contributed by atoms with Gasteiger partial charge in [0.2, 0.25) is 0 Å². The summed E-state index contributed by atoms with van der Waals surface area (Å²) in [6, 6.07) is 10.1. The van der Waals surface area contributed by atoms with Crippen molar-refractivity contribution in [3.05, 3.63) is 87.2 Å². The lowest BCUT2D eigenvalue weighted by molar-refractivity contribution is -0.0531. The molecular weight excluding hydrogens is 551 g/mol. The van der Waals surface area contributed by atoms with Crippen molar-refractivity contribution in [3.63, 3.8) is 0 Å². The van der Waals surface area contributed by atoms with Gasteiger partial charge in [0, 0.05) is 18.5 Å². The number of phosphoric acid groups is 1. The summed E-state index contributed by atoms with van der Waals surface area (Å²) in [5, 5.41) is 20.8. The van der Waals surface area contributed by atoms with Crippen molar-refractivity contribution in [1.82, 2.24) is 14.1 Å². The van der Waals surface area contributed by atoms with Crippen molar-refractivity contribution in [3.8, 4) is 11.1 Å². The molecule has 38 heavy (non-hydrogen) atoms. The van der Waals surface area contributed by atoms with Crippen molar-refractivity contribution in [2.75, 3.05) is 6.61 Å². The van der Waals surface area contributed by atoms with Crippen molar-refractivity contribution >= 4 is 16.4 Å². The van der Waals surface area contributed by atoms with Crippen LogP contribution >= 0.6 is 16.4 Å². The minimum absolute atomic E-state index is 0.250. The van der Waals surface area contributed by atoms with Gasteiger partial charge < -0.3 is 34.2 Å². The molecule has 1 aliphatic rings. The average Bonchev–Trinajstić information content (AvgIpc) is 3.13. The molecule has 1 fully saturated rings. The van der Waals surface area contributed by atoms with E-state index in [1.807, 2.05) is 0 Å². The van der Waals surface area contributed by atoms with Gasteiger partial charge in [0.1, 0.15) is 24.1 Å². The lowest BCUT2D eigenvalue weighted by atomic mass is 10.1. The third-order valence-corrected chi connectivity index (χ3v) is 7.33. The molecule has 0 bridgehead atoms. The van der Waals surface area contributed by atoms with Gasteiger partial charge in [-0.2, -0.15) is 0 Å². The number of halogens is 1. The van der Waals surface area contributed by atoms with Crippen LogP contribution in [0.3, 0.4) is 0 Å².